The van der Waals surface area contributed by atoms with E-state index >= 15 is 0 Å². The predicted molar refractivity (Wildman–Crippen MR) is 85.9 cm³/mol. The van der Waals surface area contributed by atoms with Crippen molar-refractivity contribution in [1.82, 2.24) is 0 Å². The van der Waals surface area contributed by atoms with E-state index in [0.29, 0.717) is 5.41 Å². The monoisotopic (exact) mass is 274 g/mol. The van der Waals surface area contributed by atoms with E-state index in [1.807, 2.05) is 0 Å². The van der Waals surface area contributed by atoms with Gasteiger partial charge in [-0.3, -0.25) is 0 Å². The summed E-state index contributed by atoms with van der Waals surface area (Å²) in [4.78, 5) is 0. The fourth-order valence-corrected chi connectivity index (χ4v) is 3.88. The van der Waals surface area contributed by atoms with Gasteiger partial charge < -0.3 is 5.11 Å². The van der Waals surface area contributed by atoms with Gasteiger partial charge in [-0.15, -0.1) is 0 Å². The molecule has 112 valence electrons. The maximum absolute atomic E-state index is 9.70. The molecule has 0 radical (unpaired) electrons. The van der Waals surface area contributed by atoms with Crippen LogP contribution in [0.2, 0.25) is 0 Å². The minimum Gasteiger partial charge on any atom is -0.392 e. The largest absolute Gasteiger partial charge is 0.392 e. The number of rotatable bonds is 2. The van der Waals surface area contributed by atoms with Crippen LogP contribution >= 0.6 is 0 Å². The first kappa shape index (κ1) is 15.6. The van der Waals surface area contributed by atoms with Crippen LogP contribution in [0.1, 0.15) is 76.0 Å². The molecule has 1 nitrogen and oxygen atoms in total. The number of hydrogen-bond acceptors (Lipinski definition) is 1. The van der Waals surface area contributed by atoms with Crippen molar-refractivity contribution in [2.75, 3.05) is 0 Å². The van der Waals surface area contributed by atoms with Gasteiger partial charge in [-0.05, 0) is 54.6 Å². The quantitative estimate of drug-likeness (QED) is 0.793. The molecule has 0 aliphatic heterocycles. The molecule has 1 aliphatic carbocycles. The van der Waals surface area contributed by atoms with Gasteiger partial charge in [0, 0.05) is 0 Å². The Morgan fingerprint density at radius 1 is 1.00 bits per heavy atom. The minimum absolute atomic E-state index is 0.165. The Kier molecular flexibility index (Phi) is 4.59. The third-order valence-electron chi connectivity index (χ3n) is 5.25. The van der Waals surface area contributed by atoms with E-state index in [9.17, 15) is 5.11 Å². The zero-order valence-corrected chi connectivity index (χ0v) is 13.6. The highest BCUT2D eigenvalue weighted by Crippen LogP contribution is 2.43. The second-order valence-electron chi connectivity index (χ2n) is 7.75. The van der Waals surface area contributed by atoms with Crippen LogP contribution in [-0.4, -0.2) is 5.11 Å². The molecule has 20 heavy (non-hydrogen) atoms. The third-order valence-corrected chi connectivity index (χ3v) is 5.25. The number of aliphatic hydroxyl groups excluding tert-OH is 1. The van der Waals surface area contributed by atoms with E-state index in [0.717, 1.165) is 5.56 Å². The molecule has 0 unspecified atom stereocenters. The van der Waals surface area contributed by atoms with Crippen molar-refractivity contribution < 1.29 is 5.11 Å². The molecule has 1 N–H and O–H groups in total. The lowest BCUT2D eigenvalue weighted by atomic mass is 9.67. The van der Waals surface area contributed by atoms with Crippen molar-refractivity contribution in [2.24, 2.45) is 5.41 Å². The Balaban J connectivity index is 2.26. The number of aryl methyl sites for hydroxylation is 1. The van der Waals surface area contributed by atoms with Crippen LogP contribution in [0.3, 0.4) is 0 Å². The zero-order chi connectivity index (χ0) is 14.8. The van der Waals surface area contributed by atoms with E-state index < -0.39 is 0 Å². The first-order valence-corrected chi connectivity index (χ1v) is 8.07. The lowest BCUT2D eigenvalue weighted by Crippen LogP contribution is -2.27. The minimum atomic E-state index is 0.165. The topological polar surface area (TPSA) is 20.2 Å². The molecule has 1 heteroatoms. The Labute approximate surface area is 124 Å². The Bertz CT molecular complexity index is 447. The molecule has 0 spiro atoms. The van der Waals surface area contributed by atoms with Crippen LogP contribution in [0.15, 0.2) is 18.2 Å². The van der Waals surface area contributed by atoms with E-state index in [1.165, 1.54) is 49.7 Å². The molecule has 2 rings (SSSR count). The maximum atomic E-state index is 9.70. The molecule has 0 aromatic heterocycles. The summed E-state index contributed by atoms with van der Waals surface area (Å²) in [5, 5.41) is 9.70. The van der Waals surface area contributed by atoms with Gasteiger partial charge in [-0.2, -0.15) is 0 Å². The van der Waals surface area contributed by atoms with Crippen molar-refractivity contribution in [2.45, 2.75) is 78.2 Å². The second-order valence-corrected chi connectivity index (χ2v) is 7.75. The molecule has 1 saturated carbocycles. The smallest absolute Gasteiger partial charge is 0.0684 e. The van der Waals surface area contributed by atoms with Crippen LogP contribution in [0.25, 0.3) is 0 Å². The van der Waals surface area contributed by atoms with E-state index in [2.05, 4.69) is 45.9 Å². The van der Waals surface area contributed by atoms with Crippen molar-refractivity contribution in [3.63, 3.8) is 0 Å². The van der Waals surface area contributed by atoms with Gasteiger partial charge in [0.2, 0.25) is 0 Å². The average molecular weight is 274 g/mol. The predicted octanol–water partition coefficient (Wildman–Crippen LogP) is 5.13. The summed E-state index contributed by atoms with van der Waals surface area (Å²) in [6, 6.07) is 6.61. The van der Waals surface area contributed by atoms with Crippen molar-refractivity contribution in [3.05, 3.63) is 34.9 Å². The molecular formula is C19H30O. The zero-order valence-electron chi connectivity index (χ0n) is 13.6. The lowest BCUT2D eigenvalue weighted by Gasteiger charge is -2.37. The van der Waals surface area contributed by atoms with Crippen LogP contribution in [0, 0.1) is 12.3 Å². The number of hydrogen-bond donors (Lipinski definition) is 1. The van der Waals surface area contributed by atoms with Gasteiger partial charge in [0.25, 0.3) is 0 Å². The van der Waals surface area contributed by atoms with Gasteiger partial charge >= 0.3 is 0 Å². The Morgan fingerprint density at radius 2 is 1.60 bits per heavy atom. The molecule has 0 amide bonds. The molecular weight excluding hydrogens is 244 g/mol. The maximum Gasteiger partial charge on any atom is 0.0684 e. The standard InChI is InChI=1S/C19H30O/c1-15-7-8-17(16(13-15)14-20)19(4)11-5-9-18(2,3)10-6-12-19/h7-8,13,20H,5-6,9-12,14H2,1-4H3. The van der Waals surface area contributed by atoms with Crippen molar-refractivity contribution >= 4 is 0 Å². The Morgan fingerprint density at radius 3 is 2.15 bits per heavy atom. The van der Waals surface area contributed by atoms with Crippen LogP contribution in [0.4, 0.5) is 0 Å². The summed E-state index contributed by atoms with van der Waals surface area (Å²) in [6.45, 7) is 9.47. The summed E-state index contributed by atoms with van der Waals surface area (Å²) in [5.41, 5.74) is 4.50. The summed E-state index contributed by atoms with van der Waals surface area (Å²) in [5.74, 6) is 0. The highest BCUT2D eigenvalue weighted by molar-refractivity contribution is 5.36. The van der Waals surface area contributed by atoms with Gasteiger partial charge in [0.15, 0.2) is 0 Å². The molecule has 1 aromatic carbocycles. The summed E-state index contributed by atoms with van der Waals surface area (Å²) < 4.78 is 0. The van der Waals surface area contributed by atoms with Gasteiger partial charge in [0.1, 0.15) is 0 Å². The molecule has 0 atom stereocenters. The van der Waals surface area contributed by atoms with Crippen molar-refractivity contribution in [1.29, 1.82) is 0 Å². The molecule has 0 heterocycles. The third kappa shape index (κ3) is 3.44. The van der Waals surface area contributed by atoms with E-state index in [1.54, 1.807) is 0 Å². The van der Waals surface area contributed by atoms with Gasteiger partial charge in [-0.1, -0.05) is 57.4 Å². The van der Waals surface area contributed by atoms with E-state index in [4.69, 9.17) is 0 Å². The Hall–Kier alpha value is -0.820. The van der Waals surface area contributed by atoms with Crippen LogP contribution in [0.5, 0.6) is 0 Å². The number of benzene rings is 1. The normalized spacial score (nSPS) is 22.1. The van der Waals surface area contributed by atoms with E-state index in [-0.39, 0.29) is 12.0 Å². The highest BCUT2D eigenvalue weighted by atomic mass is 16.3. The van der Waals surface area contributed by atoms with Crippen molar-refractivity contribution in [3.8, 4) is 0 Å². The summed E-state index contributed by atoms with van der Waals surface area (Å²) >= 11 is 0. The van der Waals surface area contributed by atoms with Gasteiger partial charge in [-0.25, -0.2) is 0 Å². The van der Waals surface area contributed by atoms with Gasteiger partial charge in [0.05, 0.1) is 6.61 Å². The fraction of sp³-hybridized carbons (Fsp3) is 0.684. The SMILES string of the molecule is Cc1ccc(C2(C)CCCC(C)(C)CCC2)c(CO)c1. The van der Waals surface area contributed by atoms with Crippen LogP contribution in [-0.2, 0) is 12.0 Å². The molecule has 1 aliphatic rings. The fourth-order valence-electron chi connectivity index (χ4n) is 3.88. The number of aliphatic hydroxyl groups is 1. The molecule has 0 bridgehead atoms. The highest BCUT2D eigenvalue weighted by Gasteiger charge is 2.32. The molecule has 1 fully saturated rings. The summed E-state index contributed by atoms with van der Waals surface area (Å²) in [6.07, 6.45) is 7.72. The molecule has 1 aromatic rings. The summed E-state index contributed by atoms with van der Waals surface area (Å²) in [7, 11) is 0. The first-order chi connectivity index (χ1) is 9.36. The average Bonchev–Trinajstić information content (AvgIpc) is 2.36. The second kappa shape index (κ2) is 5.89. The first-order valence-electron chi connectivity index (χ1n) is 8.07. The lowest BCUT2D eigenvalue weighted by molar-refractivity contribution is 0.220. The van der Waals surface area contributed by atoms with Crippen LogP contribution < -0.4 is 0 Å². The molecule has 0 saturated heterocycles.